The number of aliphatic carboxylic acids is 1. The Morgan fingerprint density at radius 1 is 1.42 bits per heavy atom. The Balaban J connectivity index is 1.43. The summed E-state index contributed by atoms with van der Waals surface area (Å²) in [6, 6.07) is 0.269. The Hall–Kier alpha value is -3.01. The van der Waals surface area contributed by atoms with Crippen LogP contribution in [0.1, 0.15) is 17.8 Å². The van der Waals surface area contributed by atoms with Gasteiger partial charge in [0.1, 0.15) is 29.4 Å². The second-order valence-electron chi connectivity index (χ2n) is 7.25. The molecule has 2 N–H and O–H groups in total. The third kappa shape index (κ3) is 4.44. The molecule has 0 aromatic carbocycles. The van der Waals surface area contributed by atoms with Crippen LogP contribution >= 0.6 is 23.5 Å². The van der Waals surface area contributed by atoms with E-state index in [0.717, 1.165) is 4.68 Å². The van der Waals surface area contributed by atoms with Gasteiger partial charge in [0, 0.05) is 24.2 Å². The SMILES string of the molecule is Cc1cc(C(F)F)nn1CC(=O)N[C@H]1C(=O)N2C(C(=O)O)=C(CSc3nnnn3C)CS[C@@H]12. The lowest BCUT2D eigenvalue weighted by atomic mass is 10.0. The van der Waals surface area contributed by atoms with Gasteiger partial charge in [0.25, 0.3) is 12.3 Å². The van der Waals surface area contributed by atoms with Crippen molar-refractivity contribution in [2.75, 3.05) is 11.5 Å². The van der Waals surface area contributed by atoms with Gasteiger partial charge in [-0.1, -0.05) is 11.8 Å². The molecule has 33 heavy (non-hydrogen) atoms. The summed E-state index contributed by atoms with van der Waals surface area (Å²) in [5.74, 6) is -1.75. The van der Waals surface area contributed by atoms with Crippen molar-refractivity contribution in [1.29, 1.82) is 0 Å². The number of alkyl halides is 2. The Morgan fingerprint density at radius 3 is 2.79 bits per heavy atom. The standard InChI is InChI=1S/C17H18F2N8O4S2/c1-7-3-9(13(18)19)22-26(7)4-10(28)20-11-14(29)27-12(16(30)31)8(5-32-15(11)27)6-33-17-21-23-24-25(17)2/h3,11,13,15H,4-6H2,1-2H3,(H,20,28)(H,30,31)/t11-,15-/m0/s1. The topological polar surface area (TPSA) is 148 Å². The quantitative estimate of drug-likeness (QED) is 0.380. The summed E-state index contributed by atoms with van der Waals surface area (Å²) in [6.07, 6.45) is -2.76. The van der Waals surface area contributed by atoms with Gasteiger partial charge in [-0.05, 0) is 29.0 Å². The molecule has 2 aromatic heterocycles. The normalized spacial score (nSPS) is 20.2. The van der Waals surface area contributed by atoms with Gasteiger partial charge in [-0.2, -0.15) is 5.10 Å². The molecule has 2 atom stereocenters. The van der Waals surface area contributed by atoms with Crippen LogP contribution in [0.4, 0.5) is 8.78 Å². The molecule has 0 aliphatic carbocycles. The average molecular weight is 501 g/mol. The minimum absolute atomic E-state index is 0.110. The number of fused-ring (bicyclic) bond motifs is 1. The van der Waals surface area contributed by atoms with Gasteiger partial charge >= 0.3 is 5.97 Å². The van der Waals surface area contributed by atoms with E-state index in [4.69, 9.17) is 0 Å². The van der Waals surface area contributed by atoms with E-state index in [2.05, 4.69) is 25.9 Å². The molecule has 4 heterocycles. The van der Waals surface area contributed by atoms with Crippen molar-refractivity contribution >= 4 is 41.3 Å². The zero-order valence-electron chi connectivity index (χ0n) is 17.3. The molecule has 0 unspecified atom stereocenters. The predicted molar refractivity (Wildman–Crippen MR) is 111 cm³/mol. The van der Waals surface area contributed by atoms with Gasteiger partial charge in [0.2, 0.25) is 11.1 Å². The van der Waals surface area contributed by atoms with E-state index in [0.29, 0.717) is 22.2 Å². The number of nitrogens with one attached hydrogen (secondary N) is 1. The van der Waals surface area contributed by atoms with Crippen LogP contribution in [0.3, 0.4) is 0 Å². The summed E-state index contributed by atoms with van der Waals surface area (Å²) in [7, 11) is 1.66. The molecule has 1 fully saturated rings. The minimum atomic E-state index is -2.76. The van der Waals surface area contributed by atoms with Crippen molar-refractivity contribution in [2.24, 2.45) is 7.05 Å². The number of nitrogens with zero attached hydrogens (tertiary/aromatic N) is 7. The van der Waals surface area contributed by atoms with Crippen LogP contribution in [-0.2, 0) is 28.0 Å². The molecule has 12 nitrogen and oxygen atoms in total. The van der Waals surface area contributed by atoms with Crippen LogP contribution in [0.15, 0.2) is 22.5 Å². The molecule has 2 aliphatic heterocycles. The molecule has 2 amide bonds. The number of carboxylic acids is 1. The number of halogens is 2. The molecule has 2 aromatic rings. The van der Waals surface area contributed by atoms with Gasteiger partial charge in [-0.15, -0.1) is 16.9 Å². The van der Waals surface area contributed by atoms with E-state index in [-0.39, 0.29) is 18.0 Å². The van der Waals surface area contributed by atoms with Crippen LogP contribution in [-0.4, -0.2) is 80.7 Å². The van der Waals surface area contributed by atoms with Gasteiger partial charge in [0.15, 0.2) is 0 Å². The Bertz CT molecular complexity index is 1150. The minimum Gasteiger partial charge on any atom is -0.477 e. The van der Waals surface area contributed by atoms with E-state index < -0.39 is 41.3 Å². The first-order chi connectivity index (χ1) is 15.7. The van der Waals surface area contributed by atoms with E-state index in [1.54, 1.807) is 14.0 Å². The van der Waals surface area contributed by atoms with Gasteiger partial charge < -0.3 is 10.4 Å². The first kappa shape index (κ1) is 23.2. The molecule has 0 saturated carbocycles. The summed E-state index contributed by atoms with van der Waals surface area (Å²) in [5, 5.41) is 27.0. The number of carbonyl (C=O) groups excluding carboxylic acids is 2. The van der Waals surface area contributed by atoms with E-state index >= 15 is 0 Å². The maximum Gasteiger partial charge on any atom is 0.352 e. The molecular weight excluding hydrogens is 482 g/mol. The van der Waals surface area contributed by atoms with E-state index in [1.165, 1.54) is 39.2 Å². The van der Waals surface area contributed by atoms with Crippen molar-refractivity contribution < 1.29 is 28.3 Å². The number of carbonyl (C=O) groups is 3. The number of β-lactam (4-membered cyclic amide) rings is 1. The number of thioether (sulfide) groups is 2. The Morgan fingerprint density at radius 2 is 2.18 bits per heavy atom. The monoisotopic (exact) mass is 500 g/mol. The van der Waals surface area contributed by atoms with Gasteiger partial charge in [0.05, 0.1) is 0 Å². The second kappa shape index (κ2) is 9.09. The van der Waals surface area contributed by atoms with Crippen LogP contribution in [0, 0.1) is 6.92 Å². The zero-order valence-corrected chi connectivity index (χ0v) is 18.9. The molecule has 0 radical (unpaired) electrons. The Kier molecular flexibility index (Phi) is 6.38. The lowest BCUT2D eigenvalue weighted by Crippen LogP contribution is -2.70. The summed E-state index contributed by atoms with van der Waals surface area (Å²) in [6.45, 7) is 1.20. The van der Waals surface area contributed by atoms with E-state index in [9.17, 15) is 28.3 Å². The average Bonchev–Trinajstić information content (AvgIpc) is 3.34. The lowest BCUT2D eigenvalue weighted by molar-refractivity contribution is -0.150. The number of tetrazole rings is 1. The highest BCUT2D eigenvalue weighted by Gasteiger charge is 2.54. The highest BCUT2D eigenvalue weighted by atomic mass is 32.2. The summed E-state index contributed by atoms with van der Waals surface area (Å²) < 4.78 is 28.2. The maximum absolute atomic E-state index is 12.8. The molecule has 176 valence electrons. The van der Waals surface area contributed by atoms with Crippen molar-refractivity contribution in [1.82, 2.24) is 40.2 Å². The van der Waals surface area contributed by atoms with Crippen LogP contribution < -0.4 is 5.32 Å². The Labute approximate surface area is 193 Å². The number of aryl methyl sites for hydroxylation is 2. The summed E-state index contributed by atoms with van der Waals surface area (Å²) in [5.41, 5.74) is 0.376. The van der Waals surface area contributed by atoms with Crippen molar-refractivity contribution in [3.8, 4) is 0 Å². The fraction of sp³-hybridized carbons (Fsp3) is 0.471. The first-order valence-corrected chi connectivity index (χ1v) is 11.6. The van der Waals surface area contributed by atoms with Crippen molar-refractivity contribution in [3.63, 3.8) is 0 Å². The third-order valence-corrected chi connectivity index (χ3v) is 7.48. The molecule has 2 aliphatic rings. The first-order valence-electron chi connectivity index (χ1n) is 9.54. The summed E-state index contributed by atoms with van der Waals surface area (Å²) >= 11 is 2.58. The van der Waals surface area contributed by atoms with Crippen LogP contribution in [0.5, 0.6) is 0 Å². The number of carboxylic acid groups (broad SMARTS) is 1. The molecule has 1 saturated heterocycles. The highest BCUT2D eigenvalue weighted by molar-refractivity contribution is 8.01. The molecule has 0 bridgehead atoms. The number of aromatic nitrogens is 6. The molecule has 0 spiro atoms. The maximum atomic E-state index is 12.8. The third-order valence-electron chi connectivity index (χ3n) is 5.04. The van der Waals surface area contributed by atoms with Gasteiger partial charge in [-0.3, -0.25) is 19.2 Å². The number of amides is 2. The molecule has 4 rings (SSSR count). The van der Waals surface area contributed by atoms with Crippen molar-refractivity contribution in [2.45, 2.75) is 36.5 Å². The second-order valence-corrected chi connectivity index (χ2v) is 9.30. The number of hydrogen-bond donors (Lipinski definition) is 2. The lowest BCUT2D eigenvalue weighted by Gasteiger charge is -2.49. The van der Waals surface area contributed by atoms with Crippen LogP contribution in [0.2, 0.25) is 0 Å². The van der Waals surface area contributed by atoms with Gasteiger partial charge in [-0.25, -0.2) is 18.3 Å². The molecule has 16 heteroatoms. The fourth-order valence-corrected chi connectivity index (χ4v) is 5.78. The largest absolute Gasteiger partial charge is 0.477 e. The smallest absolute Gasteiger partial charge is 0.352 e. The van der Waals surface area contributed by atoms with E-state index in [1.807, 2.05) is 0 Å². The highest BCUT2D eigenvalue weighted by Crippen LogP contribution is 2.41. The number of rotatable bonds is 8. The predicted octanol–water partition coefficient (Wildman–Crippen LogP) is 0.184. The van der Waals surface area contributed by atoms with Crippen LogP contribution in [0.25, 0.3) is 0 Å². The summed E-state index contributed by atoms with van der Waals surface area (Å²) in [4.78, 5) is 38.2. The molecular formula is C17H18F2N8O4S2. The zero-order chi connectivity index (χ0) is 23.9. The van der Waals surface area contributed by atoms with Crippen molar-refractivity contribution in [3.05, 3.63) is 28.7 Å². The fourth-order valence-electron chi connectivity index (χ4n) is 3.45. The number of hydrogen-bond acceptors (Lipinski definition) is 9.